The van der Waals surface area contributed by atoms with Crippen molar-refractivity contribution in [3.05, 3.63) is 77.7 Å². The van der Waals surface area contributed by atoms with Gasteiger partial charge in [0.2, 0.25) is 0 Å². The van der Waals surface area contributed by atoms with E-state index < -0.39 is 0 Å². The Balaban J connectivity index is 1.29. The average molecular weight is 406 g/mol. The summed E-state index contributed by atoms with van der Waals surface area (Å²) in [5.74, 6) is 0.910. The Labute approximate surface area is 175 Å². The summed E-state index contributed by atoms with van der Waals surface area (Å²) in [5, 5.41) is 10.1. The Hall–Kier alpha value is -3.39. The highest BCUT2D eigenvalue weighted by Crippen LogP contribution is 2.18. The lowest BCUT2D eigenvalue weighted by Crippen LogP contribution is -2.38. The van der Waals surface area contributed by atoms with Crippen LogP contribution >= 0.6 is 0 Å². The van der Waals surface area contributed by atoms with Crippen molar-refractivity contribution in [2.24, 2.45) is 0 Å². The van der Waals surface area contributed by atoms with Crippen LogP contribution in [0.15, 0.2) is 61.1 Å². The summed E-state index contributed by atoms with van der Waals surface area (Å²) >= 11 is 0. The van der Waals surface area contributed by atoms with Crippen LogP contribution in [0.5, 0.6) is 0 Å². The Morgan fingerprint density at radius 2 is 1.83 bits per heavy atom. The van der Waals surface area contributed by atoms with E-state index in [4.69, 9.17) is 4.74 Å². The summed E-state index contributed by atoms with van der Waals surface area (Å²) < 4.78 is 7.29. The number of pyridine rings is 1. The number of nitrogens with one attached hydrogen (secondary N) is 2. The van der Waals surface area contributed by atoms with Gasteiger partial charge in [0.05, 0.1) is 19.8 Å². The number of hydrogen-bond acceptors (Lipinski definition) is 5. The highest BCUT2D eigenvalue weighted by atomic mass is 16.5. The Kier molecular flexibility index (Phi) is 6.56. The van der Waals surface area contributed by atoms with Gasteiger partial charge in [-0.15, -0.1) is 0 Å². The van der Waals surface area contributed by atoms with Crippen molar-refractivity contribution in [1.29, 1.82) is 0 Å². The van der Waals surface area contributed by atoms with Crippen LogP contribution in [0, 0.1) is 0 Å². The van der Waals surface area contributed by atoms with Gasteiger partial charge in [-0.2, -0.15) is 5.10 Å². The molecule has 0 saturated carbocycles. The van der Waals surface area contributed by atoms with Crippen molar-refractivity contribution in [3.8, 4) is 0 Å². The number of ether oxygens (including phenoxy) is 1. The molecule has 0 atom stereocenters. The average Bonchev–Trinajstić information content (AvgIpc) is 3.30. The molecule has 1 fully saturated rings. The maximum Gasteiger partial charge on any atom is 0.315 e. The Bertz CT molecular complexity index is 954. The van der Waals surface area contributed by atoms with Crippen LogP contribution < -0.4 is 15.5 Å². The molecule has 3 heterocycles. The first-order chi connectivity index (χ1) is 14.8. The minimum atomic E-state index is -0.204. The molecule has 3 aromatic rings. The van der Waals surface area contributed by atoms with Gasteiger partial charge in [0, 0.05) is 50.3 Å². The summed E-state index contributed by atoms with van der Waals surface area (Å²) in [7, 11) is 0. The molecule has 1 aliphatic heterocycles. The summed E-state index contributed by atoms with van der Waals surface area (Å²) in [5.41, 5.74) is 3.19. The summed E-state index contributed by atoms with van der Waals surface area (Å²) in [4.78, 5) is 19.0. The van der Waals surface area contributed by atoms with Crippen molar-refractivity contribution in [1.82, 2.24) is 25.4 Å². The molecule has 2 amide bonds. The number of aromatic nitrogens is 3. The van der Waals surface area contributed by atoms with Gasteiger partial charge in [0.15, 0.2) is 0 Å². The van der Waals surface area contributed by atoms with E-state index in [0.29, 0.717) is 32.8 Å². The molecule has 0 aliphatic carbocycles. The van der Waals surface area contributed by atoms with E-state index in [0.717, 1.165) is 35.6 Å². The SMILES string of the molecule is O=C(NCc1cccc(Cn2cccn2)c1)NCc1cccnc1N1CCOCC1. The Morgan fingerprint density at radius 1 is 1.00 bits per heavy atom. The fourth-order valence-corrected chi connectivity index (χ4v) is 3.47. The first-order valence-corrected chi connectivity index (χ1v) is 10.1. The number of amides is 2. The zero-order chi connectivity index (χ0) is 20.6. The van der Waals surface area contributed by atoms with Crippen LogP contribution in [0.2, 0.25) is 0 Å². The lowest BCUT2D eigenvalue weighted by Gasteiger charge is -2.29. The summed E-state index contributed by atoms with van der Waals surface area (Å²) in [6.07, 6.45) is 5.48. The van der Waals surface area contributed by atoms with Crippen molar-refractivity contribution < 1.29 is 9.53 Å². The third-order valence-corrected chi connectivity index (χ3v) is 4.97. The second-order valence-corrected chi connectivity index (χ2v) is 7.15. The quantitative estimate of drug-likeness (QED) is 0.628. The number of hydrogen-bond donors (Lipinski definition) is 2. The fraction of sp³-hybridized carbons (Fsp3) is 0.318. The number of nitrogens with zero attached hydrogens (tertiary/aromatic N) is 4. The van der Waals surface area contributed by atoms with Gasteiger partial charge in [0.25, 0.3) is 0 Å². The summed E-state index contributed by atoms with van der Waals surface area (Å²) in [6.45, 7) is 4.61. The van der Waals surface area contributed by atoms with Crippen LogP contribution in [-0.2, 0) is 24.4 Å². The predicted octanol–water partition coefficient (Wildman–Crippen LogP) is 2.16. The first kappa shape index (κ1) is 19.9. The molecule has 8 nitrogen and oxygen atoms in total. The van der Waals surface area contributed by atoms with Crippen LogP contribution in [0.25, 0.3) is 0 Å². The van der Waals surface area contributed by atoms with Gasteiger partial charge in [-0.3, -0.25) is 4.68 Å². The number of urea groups is 1. The maximum atomic E-state index is 12.3. The number of anilines is 1. The molecule has 1 saturated heterocycles. The number of morpholine rings is 1. The molecule has 8 heteroatoms. The smallest absolute Gasteiger partial charge is 0.315 e. The van der Waals surface area contributed by atoms with E-state index in [-0.39, 0.29) is 6.03 Å². The van der Waals surface area contributed by atoms with Crippen molar-refractivity contribution in [3.63, 3.8) is 0 Å². The van der Waals surface area contributed by atoms with Crippen LogP contribution in [0.4, 0.5) is 10.6 Å². The van der Waals surface area contributed by atoms with Crippen LogP contribution in [0.1, 0.15) is 16.7 Å². The molecular weight excluding hydrogens is 380 g/mol. The van der Waals surface area contributed by atoms with Gasteiger partial charge in [-0.25, -0.2) is 9.78 Å². The molecule has 2 N–H and O–H groups in total. The molecule has 0 bridgehead atoms. The lowest BCUT2D eigenvalue weighted by molar-refractivity contribution is 0.122. The van der Waals surface area contributed by atoms with Crippen molar-refractivity contribution >= 4 is 11.8 Å². The van der Waals surface area contributed by atoms with Crippen molar-refractivity contribution in [2.45, 2.75) is 19.6 Å². The molecule has 2 aromatic heterocycles. The molecule has 4 rings (SSSR count). The molecule has 0 radical (unpaired) electrons. The third kappa shape index (κ3) is 5.36. The van der Waals surface area contributed by atoms with Gasteiger partial charge in [0.1, 0.15) is 5.82 Å². The van der Waals surface area contributed by atoms with Crippen LogP contribution in [-0.4, -0.2) is 47.1 Å². The minimum absolute atomic E-state index is 0.204. The molecule has 1 aliphatic rings. The topological polar surface area (TPSA) is 84.3 Å². The van der Waals surface area contributed by atoms with Gasteiger partial charge < -0.3 is 20.3 Å². The molecule has 30 heavy (non-hydrogen) atoms. The number of carbonyl (C=O) groups excluding carboxylic acids is 1. The number of rotatable bonds is 7. The van der Waals surface area contributed by atoms with E-state index >= 15 is 0 Å². The Morgan fingerprint density at radius 3 is 2.67 bits per heavy atom. The molecule has 0 spiro atoms. The molecule has 0 unspecified atom stereocenters. The van der Waals surface area contributed by atoms with E-state index in [2.05, 4.69) is 37.7 Å². The summed E-state index contributed by atoms with van der Waals surface area (Å²) in [6, 6.07) is 13.7. The highest BCUT2D eigenvalue weighted by molar-refractivity contribution is 5.74. The monoisotopic (exact) mass is 406 g/mol. The predicted molar refractivity (Wildman–Crippen MR) is 114 cm³/mol. The number of benzene rings is 1. The normalized spacial score (nSPS) is 13.8. The van der Waals surface area contributed by atoms with E-state index in [1.165, 1.54) is 0 Å². The van der Waals surface area contributed by atoms with Gasteiger partial charge in [-0.1, -0.05) is 30.3 Å². The maximum absolute atomic E-state index is 12.3. The van der Waals surface area contributed by atoms with E-state index in [1.807, 2.05) is 41.2 Å². The molecular formula is C22H26N6O2. The second kappa shape index (κ2) is 9.89. The second-order valence-electron chi connectivity index (χ2n) is 7.15. The minimum Gasteiger partial charge on any atom is -0.378 e. The van der Waals surface area contributed by atoms with Crippen molar-refractivity contribution in [2.75, 3.05) is 31.2 Å². The van der Waals surface area contributed by atoms with Crippen LogP contribution in [0.3, 0.4) is 0 Å². The van der Waals surface area contributed by atoms with E-state index in [9.17, 15) is 4.79 Å². The first-order valence-electron chi connectivity index (χ1n) is 10.1. The van der Waals surface area contributed by atoms with Gasteiger partial charge >= 0.3 is 6.03 Å². The zero-order valence-corrected chi connectivity index (χ0v) is 16.8. The molecule has 156 valence electrons. The highest BCUT2D eigenvalue weighted by Gasteiger charge is 2.16. The third-order valence-electron chi connectivity index (χ3n) is 4.97. The molecule has 1 aromatic carbocycles. The zero-order valence-electron chi connectivity index (χ0n) is 16.8. The number of carbonyl (C=O) groups is 1. The standard InChI is InChI=1S/C22H26N6O2/c29-22(24-15-18-4-1-5-19(14-18)17-28-9-3-8-26-28)25-16-20-6-2-7-23-21(20)27-10-12-30-13-11-27/h1-9,14H,10-13,15-17H2,(H2,24,25,29). The lowest BCUT2D eigenvalue weighted by atomic mass is 10.1. The fourth-order valence-electron chi connectivity index (χ4n) is 3.47. The van der Waals surface area contributed by atoms with Gasteiger partial charge in [-0.05, 0) is 23.3 Å². The van der Waals surface area contributed by atoms with E-state index in [1.54, 1.807) is 12.4 Å². The largest absolute Gasteiger partial charge is 0.378 e.